The Kier molecular flexibility index (Phi) is 7.81. The number of hydrogen-bond acceptors (Lipinski definition) is 0. The summed E-state index contributed by atoms with van der Waals surface area (Å²) in [6, 6.07) is 16.7. The van der Waals surface area contributed by atoms with Crippen molar-refractivity contribution >= 4 is 10.8 Å². The van der Waals surface area contributed by atoms with E-state index in [0.29, 0.717) is 11.5 Å². The smallest absolute Gasteiger partial charge is 0.160 e. The zero-order chi connectivity index (χ0) is 23.2. The summed E-state index contributed by atoms with van der Waals surface area (Å²) in [6.07, 6.45) is 10.9. The van der Waals surface area contributed by atoms with E-state index in [0.717, 1.165) is 34.9 Å². The van der Waals surface area contributed by atoms with Crippen LogP contribution in [0, 0.1) is 35.3 Å². The van der Waals surface area contributed by atoms with E-state index in [-0.39, 0.29) is 0 Å². The summed E-state index contributed by atoms with van der Waals surface area (Å²) in [5, 5.41) is 2.29. The summed E-state index contributed by atoms with van der Waals surface area (Å²) < 4.78 is 26.7. The summed E-state index contributed by atoms with van der Waals surface area (Å²) in [5.74, 6) is 6.60. The summed E-state index contributed by atoms with van der Waals surface area (Å²) in [4.78, 5) is 0. The molecule has 1 saturated carbocycles. The lowest BCUT2D eigenvalue weighted by Crippen LogP contribution is -2.24. The summed E-state index contributed by atoms with van der Waals surface area (Å²) in [6.45, 7) is 4.70. The third-order valence-electron chi connectivity index (χ3n) is 7.48. The molecule has 1 aliphatic rings. The Bertz CT molecular complexity index is 1150. The highest BCUT2D eigenvalue weighted by atomic mass is 19.2. The summed E-state index contributed by atoms with van der Waals surface area (Å²) in [5.41, 5.74) is 2.80. The fourth-order valence-electron chi connectivity index (χ4n) is 5.56. The van der Waals surface area contributed by atoms with Crippen molar-refractivity contribution in [3.8, 4) is 11.8 Å². The summed E-state index contributed by atoms with van der Waals surface area (Å²) in [7, 11) is 0. The zero-order valence-electron chi connectivity index (χ0n) is 19.8. The highest BCUT2D eigenvalue weighted by molar-refractivity contribution is 5.89. The van der Waals surface area contributed by atoms with Gasteiger partial charge in [-0.25, -0.2) is 8.78 Å². The summed E-state index contributed by atoms with van der Waals surface area (Å²) >= 11 is 0. The molecule has 2 heteroatoms. The van der Waals surface area contributed by atoms with Gasteiger partial charge in [-0.2, -0.15) is 0 Å². The fourth-order valence-corrected chi connectivity index (χ4v) is 5.56. The van der Waals surface area contributed by atoms with Gasteiger partial charge in [-0.05, 0) is 64.8 Å². The first-order valence-corrected chi connectivity index (χ1v) is 12.6. The molecule has 1 fully saturated rings. The van der Waals surface area contributed by atoms with Gasteiger partial charge < -0.3 is 0 Å². The monoisotopic (exact) mass is 444 g/mol. The Labute approximate surface area is 197 Å². The second-order valence-electron chi connectivity index (χ2n) is 9.66. The molecule has 0 N–H and O–H groups in total. The molecule has 0 heterocycles. The van der Waals surface area contributed by atoms with Crippen LogP contribution in [0.3, 0.4) is 0 Å². The SMILES string of the molecule is CCCCCC1CCCCC1C(C)c1ccc2c(C#Cc3ccc(F)c(F)c3)cccc2c1. The predicted molar refractivity (Wildman–Crippen MR) is 134 cm³/mol. The molecule has 0 bridgehead atoms. The van der Waals surface area contributed by atoms with Crippen molar-refractivity contribution < 1.29 is 8.78 Å². The number of hydrogen-bond donors (Lipinski definition) is 0. The van der Waals surface area contributed by atoms with Crippen molar-refractivity contribution in [3.05, 3.63) is 82.9 Å². The van der Waals surface area contributed by atoms with E-state index >= 15 is 0 Å². The molecule has 0 saturated heterocycles. The maximum absolute atomic E-state index is 13.5. The fraction of sp³-hybridized carbons (Fsp3) is 0.419. The molecule has 0 aromatic heterocycles. The van der Waals surface area contributed by atoms with Crippen molar-refractivity contribution in [2.45, 2.75) is 71.1 Å². The number of unbranched alkanes of at least 4 members (excludes halogenated alkanes) is 2. The van der Waals surface area contributed by atoms with Crippen LogP contribution in [0.1, 0.15) is 87.8 Å². The molecular formula is C31H34F2. The molecule has 1 aliphatic carbocycles. The van der Waals surface area contributed by atoms with Crippen molar-refractivity contribution in [1.29, 1.82) is 0 Å². The second-order valence-corrected chi connectivity index (χ2v) is 9.66. The standard InChI is InChI=1S/C31H34F2/c1-3-4-5-9-24-10-6-7-13-28(24)22(2)26-17-18-29-25(11-8-12-27(29)21-26)16-14-23-15-19-30(32)31(33)20-23/h8,11-12,15,17-22,24,28H,3-7,9-10,13H2,1-2H3. The predicted octanol–water partition coefficient (Wildman–Crippen LogP) is 9.01. The molecule has 0 amide bonds. The van der Waals surface area contributed by atoms with E-state index in [1.54, 1.807) is 0 Å². The average Bonchev–Trinajstić information content (AvgIpc) is 2.84. The van der Waals surface area contributed by atoms with Gasteiger partial charge in [-0.1, -0.05) is 101 Å². The first kappa shape index (κ1) is 23.5. The molecule has 0 spiro atoms. The molecule has 3 aromatic carbocycles. The number of rotatable bonds is 6. The van der Waals surface area contributed by atoms with Crippen molar-refractivity contribution in [2.75, 3.05) is 0 Å². The van der Waals surface area contributed by atoms with Crippen LogP contribution >= 0.6 is 0 Å². The normalized spacial score (nSPS) is 19.2. The van der Waals surface area contributed by atoms with E-state index in [1.165, 1.54) is 68.4 Å². The van der Waals surface area contributed by atoms with Gasteiger partial charge in [0, 0.05) is 11.1 Å². The van der Waals surface area contributed by atoms with Crippen LogP contribution in [0.2, 0.25) is 0 Å². The van der Waals surface area contributed by atoms with Crippen LogP contribution in [0.4, 0.5) is 8.78 Å². The lowest BCUT2D eigenvalue weighted by atomic mass is 9.69. The lowest BCUT2D eigenvalue weighted by molar-refractivity contribution is 0.192. The van der Waals surface area contributed by atoms with E-state index in [2.05, 4.69) is 50.0 Å². The highest BCUT2D eigenvalue weighted by Crippen LogP contribution is 2.42. The molecule has 0 nitrogen and oxygen atoms in total. The second kappa shape index (κ2) is 11.0. The molecule has 0 aliphatic heterocycles. The molecule has 3 unspecified atom stereocenters. The minimum absolute atomic E-state index is 0.475. The average molecular weight is 445 g/mol. The third kappa shape index (κ3) is 5.64. The molecule has 172 valence electrons. The third-order valence-corrected chi connectivity index (χ3v) is 7.48. The number of benzene rings is 3. The van der Waals surface area contributed by atoms with Gasteiger partial charge in [0.1, 0.15) is 0 Å². The Morgan fingerprint density at radius 3 is 2.58 bits per heavy atom. The van der Waals surface area contributed by atoms with Gasteiger partial charge >= 0.3 is 0 Å². The van der Waals surface area contributed by atoms with Gasteiger partial charge in [0.25, 0.3) is 0 Å². The van der Waals surface area contributed by atoms with Crippen LogP contribution in [-0.4, -0.2) is 0 Å². The van der Waals surface area contributed by atoms with Crippen LogP contribution in [0.5, 0.6) is 0 Å². The van der Waals surface area contributed by atoms with Crippen LogP contribution in [0.25, 0.3) is 10.8 Å². The molecule has 3 aromatic rings. The molecule has 33 heavy (non-hydrogen) atoms. The topological polar surface area (TPSA) is 0 Å². The van der Waals surface area contributed by atoms with Gasteiger partial charge in [-0.15, -0.1) is 0 Å². The number of fused-ring (bicyclic) bond motifs is 1. The molecule has 4 rings (SSSR count). The maximum Gasteiger partial charge on any atom is 0.160 e. The van der Waals surface area contributed by atoms with E-state index in [9.17, 15) is 8.78 Å². The first-order valence-electron chi connectivity index (χ1n) is 12.6. The van der Waals surface area contributed by atoms with Crippen LogP contribution < -0.4 is 0 Å². The Morgan fingerprint density at radius 2 is 1.76 bits per heavy atom. The largest absolute Gasteiger partial charge is 0.204 e. The van der Waals surface area contributed by atoms with Crippen molar-refractivity contribution in [3.63, 3.8) is 0 Å². The van der Waals surface area contributed by atoms with E-state index < -0.39 is 11.6 Å². The van der Waals surface area contributed by atoms with Gasteiger partial charge in [0.2, 0.25) is 0 Å². The van der Waals surface area contributed by atoms with Gasteiger partial charge in [-0.3, -0.25) is 0 Å². The first-order chi connectivity index (χ1) is 16.1. The number of halogens is 2. The van der Waals surface area contributed by atoms with Crippen molar-refractivity contribution in [2.24, 2.45) is 11.8 Å². The maximum atomic E-state index is 13.5. The quantitative estimate of drug-likeness (QED) is 0.263. The van der Waals surface area contributed by atoms with Crippen LogP contribution in [-0.2, 0) is 0 Å². The molecule has 0 radical (unpaired) electrons. The Morgan fingerprint density at radius 1 is 0.909 bits per heavy atom. The Hall–Kier alpha value is -2.66. The minimum Gasteiger partial charge on any atom is -0.204 e. The lowest BCUT2D eigenvalue weighted by Gasteiger charge is -2.36. The molecule has 3 atom stereocenters. The van der Waals surface area contributed by atoms with E-state index in [4.69, 9.17) is 0 Å². The zero-order valence-corrected chi connectivity index (χ0v) is 19.8. The van der Waals surface area contributed by atoms with Crippen molar-refractivity contribution in [1.82, 2.24) is 0 Å². The Balaban J connectivity index is 1.57. The highest BCUT2D eigenvalue weighted by Gasteiger charge is 2.29. The van der Waals surface area contributed by atoms with E-state index in [1.807, 2.05) is 12.1 Å². The van der Waals surface area contributed by atoms with Gasteiger partial charge in [0.15, 0.2) is 11.6 Å². The molecular weight excluding hydrogens is 410 g/mol. The van der Waals surface area contributed by atoms with Gasteiger partial charge in [0.05, 0.1) is 0 Å². The minimum atomic E-state index is -0.867. The van der Waals surface area contributed by atoms with Crippen LogP contribution in [0.15, 0.2) is 54.6 Å².